The van der Waals surface area contributed by atoms with Gasteiger partial charge in [-0.05, 0) is 36.8 Å². The molecule has 0 bridgehead atoms. The van der Waals surface area contributed by atoms with Gasteiger partial charge in [0.2, 0.25) is 5.91 Å². The Kier molecular flexibility index (Phi) is 3.81. The molecule has 0 saturated carbocycles. The van der Waals surface area contributed by atoms with Gasteiger partial charge in [0.1, 0.15) is 0 Å². The summed E-state index contributed by atoms with van der Waals surface area (Å²) in [6, 6.07) is 13.6. The molecular weight excluding hydrogens is 254 g/mol. The van der Waals surface area contributed by atoms with Crippen molar-refractivity contribution in [2.24, 2.45) is 11.6 Å². The van der Waals surface area contributed by atoms with Crippen molar-refractivity contribution in [1.29, 1.82) is 0 Å². The van der Waals surface area contributed by atoms with E-state index in [2.05, 4.69) is 0 Å². The molecule has 0 aliphatic heterocycles. The minimum absolute atomic E-state index is 0.316. The van der Waals surface area contributed by atoms with Crippen molar-refractivity contribution in [3.05, 3.63) is 65.2 Å². The SMILES string of the molecule is Cc1ccc(C(=O)N(N)c2ccccc2)cc1C(N)=O. The number of hydrazine groups is 1. The molecule has 20 heavy (non-hydrogen) atoms. The quantitative estimate of drug-likeness (QED) is 0.504. The van der Waals surface area contributed by atoms with Crippen LogP contribution in [-0.2, 0) is 0 Å². The van der Waals surface area contributed by atoms with Gasteiger partial charge in [-0.2, -0.15) is 0 Å². The van der Waals surface area contributed by atoms with Crippen LogP contribution in [0, 0.1) is 6.92 Å². The molecule has 5 nitrogen and oxygen atoms in total. The summed E-state index contributed by atoms with van der Waals surface area (Å²) in [5.74, 6) is 4.83. The number of aryl methyl sites for hydroxylation is 1. The van der Waals surface area contributed by atoms with Crippen molar-refractivity contribution in [1.82, 2.24) is 0 Å². The summed E-state index contributed by atoms with van der Waals surface area (Å²) in [5.41, 5.74) is 7.20. The second kappa shape index (κ2) is 5.54. The minimum atomic E-state index is -0.569. The summed E-state index contributed by atoms with van der Waals surface area (Å²) in [7, 11) is 0. The Hall–Kier alpha value is -2.66. The molecule has 2 amide bonds. The molecule has 5 heteroatoms. The molecule has 2 aromatic carbocycles. The lowest BCUT2D eigenvalue weighted by Gasteiger charge is -2.17. The zero-order valence-electron chi connectivity index (χ0n) is 11.0. The average molecular weight is 269 g/mol. The number of carbonyl (C=O) groups is 2. The second-order valence-corrected chi connectivity index (χ2v) is 4.40. The highest BCUT2D eigenvalue weighted by Crippen LogP contribution is 2.16. The maximum atomic E-state index is 12.3. The van der Waals surface area contributed by atoms with Crippen LogP contribution in [-0.4, -0.2) is 11.8 Å². The minimum Gasteiger partial charge on any atom is -0.366 e. The lowest BCUT2D eigenvalue weighted by Crippen LogP contribution is -2.37. The fourth-order valence-corrected chi connectivity index (χ4v) is 1.87. The van der Waals surface area contributed by atoms with E-state index in [1.807, 2.05) is 6.07 Å². The zero-order chi connectivity index (χ0) is 14.7. The summed E-state index contributed by atoms with van der Waals surface area (Å²) in [4.78, 5) is 23.6. The van der Waals surface area contributed by atoms with Crippen LogP contribution < -0.4 is 16.6 Å². The monoisotopic (exact) mass is 269 g/mol. The molecule has 0 aliphatic carbocycles. The number of carbonyl (C=O) groups excluding carboxylic acids is 2. The standard InChI is InChI=1S/C15H15N3O2/c1-10-7-8-11(9-13(10)14(16)19)15(20)18(17)12-5-3-2-4-6-12/h2-9H,17H2,1H3,(H2,16,19). The first kappa shape index (κ1) is 13.8. The van der Waals surface area contributed by atoms with Crippen LogP contribution >= 0.6 is 0 Å². The Balaban J connectivity index is 2.34. The molecule has 4 N–H and O–H groups in total. The predicted molar refractivity (Wildman–Crippen MR) is 77.1 cm³/mol. The van der Waals surface area contributed by atoms with E-state index in [-0.39, 0.29) is 0 Å². The highest BCUT2D eigenvalue weighted by Gasteiger charge is 2.16. The molecule has 0 spiro atoms. The molecule has 2 rings (SSSR count). The first-order valence-electron chi connectivity index (χ1n) is 6.05. The zero-order valence-corrected chi connectivity index (χ0v) is 11.0. The number of rotatable bonds is 3. The maximum absolute atomic E-state index is 12.3. The van der Waals surface area contributed by atoms with Crippen molar-refractivity contribution in [2.75, 3.05) is 5.01 Å². The van der Waals surface area contributed by atoms with Crippen LogP contribution in [0.15, 0.2) is 48.5 Å². The summed E-state index contributed by atoms with van der Waals surface area (Å²) in [6.45, 7) is 1.76. The Morgan fingerprint density at radius 2 is 1.70 bits per heavy atom. The van der Waals surface area contributed by atoms with Crippen LogP contribution in [0.25, 0.3) is 0 Å². The summed E-state index contributed by atoms with van der Waals surface area (Å²) >= 11 is 0. The molecule has 0 unspecified atom stereocenters. The number of amides is 2. The van der Waals surface area contributed by atoms with Gasteiger partial charge in [-0.25, -0.2) is 10.9 Å². The molecule has 0 atom stereocenters. The highest BCUT2D eigenvalue weighted by molar-refractivity contribution is 6.07. The number of hydrogen-bond acceptors (Lipinski definition) is 3. The number of primary amides is 1. The van der Waals surface area contributed by atoms with Crippen LogP contribution in [0.3, 0.4) is 0 Å². The summed E-state index contributed by atoms with van der Waals surface area (Å²) in [5, 5.41) is 1.04. The van der Waals surface area contributed by atoms with Gasteiger partial charge >= 0.3 is 0 Å². The van der Waals surface area contributed by atoms with Crippen LogP contribution in [0.2, 0.25) is 0 Å². The third-order valence-electron chi connectivity index (χ3n) is 3.00. The van der Waals surface area contributed by atoms with Gasteiger partial charge in [0.25, 0.3) is 5.91 Å². The fraction of sp³-hybridized carbons (Fsp3) is 0.0667. The largest absolute Gasteiger partial charge is 0.366 e. The molecule has 0 radical (unpaired) electrons. The van der Waals surface area contributed by atoms with Crippen LogP contribution in [0.1, 0.15) is 26.3 Å². The lowest BCUT2D eigenvalue weighted by molar-refractivity contribution is 0.0987. The van der Waals surface area contributed by atoms with E-state index < -0.39 is 11.8 Å². The Bertz CT molecular complexity index is 653. The number of nitrogens with zero attached hydrogens (tertiary/aromatic N) is 1. The molecule has 102 valence electrons. The van der Waals surface area contributed by atoms with Gasteiger partial charge in [0.05, 0.1) is 5.69 Å². The third-order valence-corrected chi connectivity index (χ3v) is 3.00. The van der Waals surface area contributed by atoms with Crippen molar-refractivity contribution in [3.8, 4) is 0 Å². The number of nitrogens with two attached hydrogens (primary N) is 2. The predicted octanol–water partition coefficient (Wildman–Crippen LogP) is 1.61. The molecule has 0 aliphatic rings. The van der Waals surface area contributed by atoms with Gasteiger partial charge in [-0.15, -0.1) is 0 Å². The van der Waals surface area contributed by atoms with E-state index in [1.54, 1.807) is 43.3 Å². The average Bonchev–Trinajstić information content (AvgIpc) is 2.47. The number of para-hydroxylation sites is 1. The van der Waals surface area contributed by atoms with Crippen molar-refractivity contribution >= 4 is 17.5 Å². The van der Waals surface area contributed by atoms with Gasteiger partial charge in [0.15, 0.2) is 0 Å². The Morgan fingerprint density at radius 1 is 1.05 bits per heavy atom. The van der Waals surface area contributed by atoms with Crippen LogP contribution in [0.4, 0.5) is 5.69 Å². The molecule has 0 heterocycles. The first-order valence-corrected chi connectivity index (χ1v) is 6.05. The normalized spacial score (nSPS) is 10.1. The third kappa shape index (κ3) is 2.67. The van der Waals surface area contributed by atoms with Gasteiger partial charge in [-0.3, -0.25) is 9.59 Å². The first-order chi connectivity index (χ1) is 9.50. The van der Waals surface area contributed by atoms with E-state index in [1.165, 1.54) is 6.07 Å². The lowest BCUT2D eigenvalue weighted by atomic mass is 10.0. The maximum Gasteiger partial charge on any atom is 0.272 e. The molecule has 2 aromatic rings. The van der Waals surface area contributed by atoms with Gasteiger partial charge in [-0.1, -0.05) is 24.3 Å². The molecule has 0 fully saturated rings. The molecule has 0 aromatic heterocycles. The smallest absolute Gasteiger partial charge is 0.272 e. The van der Waals surface area contributed by atoms with E-state index in [0.29, 0.717) is 16.8 Å². The molecular formula is C15H15N3O2. The number of hydrogen-bond donors (Lipinski definition) is 2. The summed E-state index contributed by atoms with van der Waals surface area (Å²) < 4.78 is 0. The van der Waals surface area contributed by atoms with E-state index >= 15 is 0 Å². The van der Waals surface area contributed by atoms with Gasteiger partial charge in [0, 0.05) is 11.1 Å². The Morgan fingerprint density at radius 3 is 2.30 bits per heavy atom. The van der Waals surface area contributed by atoms with Crippen molar-refractivity contribution < 1.29 is 9.59 Å². The van der Waals surface area contributed by atoms with Crippen molar-refractivity contribution in [2.45, 2.75) is 6.92 Å². The summed E-state index contributed by atoms with van der Waals surface area (Å²) in [6.07, 6.45) is 0. The topological polar surface area (TPSA) is 89.4 Å². The van der Waals surface area contributed by atoms with Gasteiger partial charge < -0.3 is 5.73 Å². The Labute approximate surface area is 116 Å². The number of anilines is 1. The molecule has 0 saturated heterocycles. The van der Waals surface area contributed by atoms with E-state index in [0.717, 1.165) is 10.6 Å². The fourth-order valence-electron chi connectivity index (χ4n) is 1.87. The van der Waals surface area contributed by atoms with Crippen LogP contribution in [0.5, 0.6) is 0 Å². The highest BCUT2D eigenvalue weighted by atomic mass is 16.2. The van der Waals surface area contributed by atoms with E-state index in [9.17, 15) is 9.59 Å². The second-order valence-electron chi connectivity index (χ2n) is 4.40. The number of benzene rings is 2. The van der Waals surface area contributed by atoms with E-state index in [4.69, 9.17) is 11.6 Å². The van der Waals surface area contributed by atoms with Crippen molar-refractivity contribution in [3.63, 3.8) is 0 Å².